The van der Waals surface area contributed by atoms with Gasteiger partial charge in [0.05, 0.1) is 4.34 Å². The number of aliphatic hydroxyl groups is 1. The Morgan fingerprint density at radius 2 is 2.25 bits per heavy atom. The third-order valence-electron chi connectivity index (χ3n) is 3.39. The van der Waals surface area contributed by atoms with Crippen molar-refractivity contribution in [2.45, 2.75) is 25.4 Å². The van der Waals surface area contributed by atoms with E-state index in [0.717, 1.165) is 23.3 Å². The van der Waals surface area contributed by atoms with Crippen molar-refractivity contribution in [3.05, 3.63) is 21.3 Å². The summed E-state index contributed by atoms with van der Waals surface area (Å²) in [5, 5.41) is 16.4. The predicted octanol–water partition coefficient (Wildman–Crippen LogP) is 3.02. The molecule has 0 saturated heterocycles. The summed E-state index contributed by atoms with van der Waals surface area (Å²) in [4.78, 5) is 5.02. The highest BCUT2D eigenvalue weighted by molar-refractivity contribution is 14.0. The molecule has 1 aliphatic carbocycles. The molecule has 3 N–H and O–H groups in total. The summed E-state index contributed by atoms with van der Waals surface area (Å²) in [6.45, 7) is 1.39. The van der Waals surface area contributed by atoms with E-state index in [-0.39, 0.29) is 24.0 Å². The van der Waals surface area contributed by atoms with Crippen molar-refractivity contribution < 1.29 is 5.11 Å². The third-order valence-corrected chi connectivity index (χ3v) is 4.72. The van der Waals surface area contributed by atoms with Gasteiger partial charge in [-0.25, -0.2) is 0 Å². The minimum atomic E-state index is -0.556. The molecule has 1 aromatic rings. The van der Waals surface area contributed by atoms with Gasteiger partial charge in [-0.2, -0.15) is 0 Å². The molecule has 2 rings (SSSR count). The SMILES string of the molecule is CN=C(NCC1CCC1)NCC(O)c1ccc(Cl)s1.I. The van der Waals surface area contributed by atoms with Crippen LogP contribution < -0.4 is 10.6 Å². The molecule has 20 heavy (non-hydrogen) atoms. The fraction of sp³-hybridized carbons (Fsp3) is 0.615. The number of nitrogens with one attached hydrogen (secondary N) is 2. The molecule has 0 radical (unpaired) electrons. The lowest BCUT2D eigenvalue weighted by Crippen LogP contribution is -2.42. The van der Waals surface area contributed by atoms with Crippen LogP contribution in [-0.4, -0.2) is 31.2 Å². The smallest absolute Gasteiger partial charge is 0.191 e. The predicted molar refractivity (Wildman–Crippen MR) is 96.4 cm³/mol. The molecule has 4 nitrogen and oxygen atoms in total. The quantitative estimate of drug-likeness (QED) is 0.383. The number of halogens is 2. The summed E-state index contributed by atoms with van der Waals surface area (Å²) in [5.41, 5.74) is 0. The topological polar surface area (TPSA) is 56.7 Å². The van der Waals surface area contributed by atoms with Gasteiger partial charge in [0.2, 0.25) is 0 Å². The second-order valence-electron chi connectivity index (χ2n) is 4.79. The van der Waals surface area contributed by atoms with E-state index in [1.165, 1.54) is 30.6 Å². The highest BCUT2D eigenvalue weighted by Crippen LogP contribution is 2.26. The van der Waals surface area contributed by atoms with E-state index in [4.69, 9.17) is 11.6 Å². The van der Waals surface area contributed by atoms with Gasteiger partial charge >= 0.3 is 0 Å². The molecule has 0 amide bonds. The number of hydrogen-bond donors (Lipinski definition) is 3. The molecule has 0 aromatic carbocycles. The number of rotatable bonds is 5. The van der Waals surface area contributed by atoms with Crippen LogP contribution in [0.5, 0.6) is 0 Å². The maximum Gasteiger partial charge on any atom is 0.191 e. The van der Waals surface area contributed by atoms with E-state index in [9.17, 15) is 5.11 Å². The van der Waals surface area contributed by atoms with Crippen molar-refractivity contribution in [1.29, 1.82) is 0 Å². The fourth-order valence-corrected chi connectivity index (χ4v) is 3.01. The van der Waals surface area contributed by atoms with Crippen LogP contribution in [0.3, 0.4) is 0 Å². The Balaban J connectivity index is 0.00000200. The van der Waals surface area contributed by atoms with Crippen LogP contribution in [0.2, 0.25) is 4.34 Å². The van der Waals surface area contributed by atoms with E-state index in [0.29, 0.717) is 10.9 Å². The van der Waals surface area contributed by atoms with Crippen LogP contribution in [0, 0.1) is 5.92 Å². The molecule has 1 fully saturated rings. The summed E-state index contributed by atoms with van der Waals surface area (Å²) >= 11 is 7.25. The maximum absolute atomic E-state index is 10.0. The molecule has 0 spiro atoms. The first-order valence-corrected chi connectivity index (χ1v) is 7.76. The Labute approximate surface area is 146 Å². The van der Waals surface area contributed by atoms with Crippen molar-refractivity contribution in [2.24, 2.45) is 10.9 Å². The normalized spacial score (nSPS) is 17.1. The second kappa shape index (κ2) is 9.07. The number of aliphatic imine (C=N–C) groups is 1. The summed E-state index contributed by atoms with van der Waals surface area (Å²) < 4.78 is 0.696. The molecule has 1 unspecified atom stereocenters. The van der Waals surface area contributed by atoms with E-state index in [1.54, 1.807) is 13.1 Å². The van der Waals surface area contributed by atoms with Crippen LogP contribution in [-0.2, 0) is 0 Å². The first-order chi connectivity index (χ1) is 9.19. The highest BCUT2D eigenvalue weighted by atomic mass is 127. The molecule has 7 heteroatoms. The number of aliphatic hydroxyl groups excluding tert-OH is 1. The summed E-state index contributed by atoms with van der Waals surface area (Å²) in [6, 6.07) is 3.65. The van der Waals surface area contributed by atoms with Crippen LogP contribution in [0.1, 0.15) is 30.2 Å². The molecule has 0 aliphatic heterocycles. The first kappa shape index (κ1) is 18.0. The molecule has 0 bridgehead atoms. The average Bonchev–Trinajstić information content (AvgIpc) is 2.77. The Hall–Kier alpha value is -0.0500. The van der Waals surface area contributed by atoms with Crippen molar-refractivity contribution in [2.75, 3.05) is 20.1 Å². The Bertz CT molecular complexity index is 437. The Kier molecular flexibility index (Phi) is 8.16. The molecule has 1 aliphatic rings. The van der Waals surface area contributed by atoms with Gasteiger partial charge in [-0.05, 0) is 30.9 Å². The lowest BCUT2D eigenvalue weighted by atomic mass is 9.85. The van der Waals surface area contributed by atoms with Crippen LogP contribution in [0.15, 0.2) is 17.1 Å². The van der Waals surface area contributed by atoms with Crippen molar-refractivity contribution in [3.63, 3.8) is 0 Å². The van der Waals surface area contributed by atoms with Gasteiger partial charge in [-0.15, -0.1) is 35.3 Å². The van der Waals surface area contributed by atoms with E-state index in [1.807, 2.05) is 6.07 Å². The summed E-state index contributed by atoms with van der Waals surface area (Å²) in [5.74, 6) is 1.52. The summed E-state index contributed by atoms with van der Waals surface area (Å²) in [7, 11) is 1.74. The Morgan fingerprint density at radius 1 is 1.50 bits per heavy atom. The monoisotopic (exact) mass is 429 g/mol. The van der Waals surface area contributed by atoms with Crippen LogP contribution >= 0.6 is 46.9 Å². The Morgan fingerprint density at radius 3 is 2.75 bits per heavy atom. The maximum atomic E-state index is 10.0. The van der Waals surface area contributed by atoms with Crippen molar-refractivity contribution in [1.82, 2.24) is 10.6 Å². The third kappa shape index (κ3) is 5.38. The van der Waals surface area contributed by atoms with Gasteiger partial charge < -0.3 is 15.7 Å². The van der Waals surface area contributed by atoms with E-state index < -0.39 is 6.10 Å². The standard InChI is InChI=1S/C13H20ClN3OS.HI/c1-15-13(16-7-9-3-2-4-9)17-8-10(18)11-5-6-12(14)19-11;/h5-6,9-10,18H,2-4,7-8H2,1H3,(H2,15,16,17);1H. The fourth-order valence-electron chi connectivity index (χ4n) is 1.96. The lowest BCUT2D eigenvalue weighted by molar-refractivity contribution is 0.184. The lowest BCUT2D eigenvalue weighted by Gasteiger charge is -2.26. The minimum absolute atomic E-state index is 0. The largest absolute Gasteiger partial charge is 0.386 e. The molecule has 114 valence electrons. The highest BCUT2D eigenvalue weighted by Gasteiger charge is 2.17. The molecule has 1 aromatic heterocycles. The van der Waals surface area contributed by atoms with Crippen LogP contribution in [0.4, 0.5) is 0 Å². The first-order valence-electron chi connectivity index (χ1n) is 6.57. The van der Waals surface area contributed by atoms with Gasteiger partial charge in [0.15, 0.2) is 5.96 Å². The van der Waals surface area contributed by atoms with E-state index >= 15 is 0 Å². The average molecular weight is 430 g/mol. The second-order valence-corrected chi connectivity index (χ2v) is 6.54. The van der Waals surface area contributed by atoms with E-state index in [2.05, 4.69) is 15.6 Å². The van der Waals surface area contributed by atoms with Gasteiger partial charge in [-0.1, -0.05) is 18.0 Å². The van der Waals surface area contributed by atoms with Crippen molar-refractivity contribution >= 4 is 52.9 Å². The van der Waals surface area contributed by atoms with Gasteiger partial charge in [0.25, 0.3) is 0 Å². The van der Waals surface area contributed by atoms with Crippen molar-refractivity contribution in [3.8, 4) is 0 Å². The van der Waals surface area contributed by atoms with Crippen LogP contribution in [0.25, 0.3) is 0 Å². The number of nitrogens with zero attached hydrogens (tertiary/aromatic N) is 1. The van der Waals surface area contributed by atoms with Gasteiger partial charge in [0.1, 0.15) is 6.10 Å². The molecular formula is C13H21ClIN3OS. The van der Waals surface area contributed by atoms with Gasteiger partial charge in [-0.3, -0.25) is 4.99 Å². The number of thiophene rings is 1. The molecule has 1 atom stereocenters. The zero-order chi connectivity index (χ0) is 13.7. The summed E-state index contributed by atoms with van der Waals surface area (Å²) in [6.07, 6.45) is 3.40. The molecule has 1 saturated carbocycles. The minimum Gasteiger partial charge on any atom is -0.386 e. The number of guanidine groups is 1. The zero-order valence-electron chi connectivity index (χ0n) is 11.4. The zero-order valence-corrected chi connectivity index (χ0v) is 15.3. The van der Waals surface area contributed by atoms with Gasteiger partial charge in [0, 0.05) is 25.0 Å². The molecular weight excluding hydrogens is 409 g/mol. The molecule has 1 heterocycles. The number of hydrogen-bond acceptors (Lipinski definition) is 3.